The molecule has 0 N–H and O–H groups in total. The van der Waals surface area contributed by atoms with Gasteiger partial charge < -0.3 is 9.16 Å². The molecule has 0 amide bonds. The molecule has 4 atom stereocenters. The van der Waals surface area contributed by atoms with Gasteiger partial charge in [0.05, 0.1) is 6.10 Å². The van der Waals surface area contributed by atoms with Crippen molar-refractivity contribution in [1.29, 1.82) is 0 Å². The van der Waals surface area contributed by atoms with Crippen LogP contribution in [-0.2, 0) is 14.0 Å². The number of carbonyl (C=O) groups is 1. The van der Waals surface area contributed by atoms with Crippen molar-refractivity contribution in [2.24, 2.45) is 22.7 Å². The second kappa shape index (κ2) is 5.94. The van der Waals surface area contributed by atoms with Gasteiger partial charge in [0.2, 0.25) is 0 Å². The highest BCUT2D eigenvalue weighted by molar-refractivity contribution is 6.74. The van der Waals surface area contributed by atoms with Gasteiger partial charge in [-0.25, -0.2) is 0 Å². The van der Waals surface area contributed by atoms with Crippen LogP contribution in [0.4, 0.5) is 0 Å². The molecule has 148 valence electrons. The van der Waals surface area contributed by atoms with E-state index in [2.05, 4.69) is 54.6 Å². The molecule has 0 saturated heterocycles. The Bertz CT molecular complexity index is 640. The van der Waals surface area contributed by atoms with Crippen molar-refractivity contribution in [3.8, 4) is 0 Å². The average Bonchev–Trinajstić information content (AvgIpc) is 2.91. The van der Waals surface area contributed by atoms with Crippen LogP contribution in [0.15, 0.2) is 11.3 Å². The third-order valence-corrected chi connectivity index (χ3v) is 12.6. The normalized spacial score (nSPS) is 36.3. The quantitative estimate of drug-likeness (QED) is 0.442. The molecule has 0 bridgehead atoms. The summed E-state index contributed by atoms with van der Waals surface area (Å²) in [5, 5.41) is 0.212. The number of rotatable bonds is 3. The van der Waals surface area contributed by atoms with E-state index in [-0.39, 0.29) is 27.9 Å². The van der Waals surface area contributed by atoms with E-state index in [1.807, 2.05) is 0 Å². The van der Waals surface area contributed by atoms with Crippen molar-refractivity contribution in [2.75, 3.05) is 0 Å². The maximum atomic E-state index is 11.9. The van der Waals surface area contributed by atoms with Crippen molar-refractivity contribution < 1.29 is 14.0 Å². The first kappa shape index (κ1) is 20.1. The number of hydrogen-bond acceptors (Lipinski definition) is 3. The van der Waals surface area contributed by atoms with E-state index in [0.717, 1.165) is 25.0 Å². The fourth-order valence-corrected chi connectivity index (χ4v) is 6.68. The standard InChI is InChI=1S/C22H38O3Si/c1-14(23)24-19-16-10-11-17(25-26(8,9)20(2,3)4)22(16,7)13-12-15-18(19)21(15,5)6/h15,17-18H,10-13H2,1-9H3/t15-,17-,18-,22-/m0/s1. The summed E-state index contributed by atoms with van der Waals surface area (Å²) in [6, 6.07) is 0. The van der Waals surface area contributed by atoms with Crippen molar-refractivity contribution in [3.63, 3.8) is 0 Å². The van der Waals surface area contributed by atoms with Crippen molar-refractivity contribution in [1.82, 2.24) is 0 Å². The maximum Gasteiger partial charge on any atom is 0.307 e. The topological polar surface area (TPSA) is 35.5 Å². The van der Waals surface area contributed by atoms with E-state index >= 15 is 0 Å². The fourth-order valence-electron chi connectivity index (χ4n) is 5.24. The molecule has 3 aliphatic rings. The van der Waals surface area contributed by atoms with Gasteiger partial charge in [0.15, 0.2) is 8.32 Å². The summed E-state index contributed by atoms with van der Waals surface area (Å²) in [6.45, 7) is 20.2. The number of hydrogen-bond donors (Lipinski definition) is 0. The van der Waals surface area contributed by atoms with Gasteiger partial charge in [-0.05, 0) is 60.7 Å². The van der Waals surface area contributed by atoms with E-state index in [4.69, 9.17) is 9.16 Å². The smallest absolute Gasteiger partial charge is 0.307 e. The second-order valence-electron chi connectivity index (χ2n) is 11.2. The molecule has 26 heavy (non-hydrogen) atoms. The van der Waals surface area contributed by atoms with Gasteiger partial charge in [-0.1, -0.05) is 41.5 Å². The molecule has 0 aromatic carbocycles. The average molecular weight is 379 g/mol. The summed E-state index contributed by atoms with van der Waals surface area (Å²) >= 11 is 0. The molecular weight excluding hydrogens is 340 g/mol. The molecule has 0 aliphatic heterocycles. The maximum absolute atomic E-state index is 11.9. The molecular formula is C22H38O3Si. The van der Waals surface area contributed by atoms with E-state index in [1.54, 1.807) is 6.92 Å². The molecule has 4 heteroatoms. The summed E-state index contributed by atoms with van der Waals surface area (Å²) in [5.74, 6) is 1.89. The van der Waals surface area contributed by atoms with Crippen LogP contribution in [-0.4, -0.2) is 20.4 Å². The van der Waals surface area contributed by atoms with Crippen LogP contribution in [0.3, 0.4) is 0 Å². The van der Waals surface area contributed by atoms with Crippen molar-refractivity contribution >= 4 is 14.3 Å². The van der Waals surface area contributed by atoms with Crippen molar-refractivity contribution in [2.45, 2.75) is 98.4 Å². The highest BCUT2D eigenvalue weighted by Gasteiger charge is 2.64. The van der Waals surface area contributed by atoms with Crippen LogP contribution >= 0.6 is 0 Å². The van der Waals surface area contributed by atoms with Crippen LogP contribution in [0.1, 0.15) is 74.1 Å². The lowest BCUT2D eigenvalue weighted by atomic mass is 9.77. The van der Waals surface area contributed by atoms with Crippen LogP contribution in [0.25, 0.3) is 0 Å². The molecule has 0 radical (unpaired) electrons. The van der Waals surface area contributed by atoms with Gasteiger partial charge in [0.25, 0.3) is 0 Å². The first-order valence-corrected chi connectivity index (χ1v) is 13.2. The highest BCUT2D eigenvalue weighted by atomic mass is 28.4. The van der Waals surface area contributed by atoms with Gasteiger partial charge in [-0.2, -0.15) is 0 Å². The first-order chi connectivity index (χ1) is 11.7. The molecule has 3 rings (SSSR count). The lowest BCUT2D eigenvalue weighted by Crippen LogP contribution is -2.47. The molecule has 2 fully saturated rings. The Hall–Kier alpha value is -0.613. The minimum absolute atomic E-state index is 0.0177. The zero-order valence-corrected chi connectivity index (χ0v) is 19.3. The molecule has 0 heterocycles. The van der Waals surface area contributed by atoms with E-state index in [0.29, 0.717) is 11.8 Å². The highest BCUT2D eigenvalue weighted by Crippen LogP contribution is 2.69. The van der Waals surface area contributed by atoms with Crippen LogP contribution < -0.4 is 0 Å². The SMILES string of the molecule is CC(=O)OC1=C2CC[C@H](O[Si](C)(C)C(C)(C)C)[C@@]2(C)CC[C@H]2[C@@H]1C2(C)C. The van der Waals surface area contributed by atoms with Crippen LogP contribution in [0.5, 0.6) is 0 Å². The minimum atomic E-state index is -1.83. The Morgan fingerprint density at radius 3 is 2.31 bits per heavy atom. The van der Waals surface area contributed by atoms with E-state index in [1.165, 1.54) is 12.0 Å². The van der Waals surface area contributed by atoms with E-state index in [9.17, 15) is 4.79 Å². The predicted molar refractivity (Wildman–Crippen MR) is 108 cm³/mol. The van der Waals surface area contributed by atoms with Crippen LogP contribution in [0, 0.1) is 22.7 Å². The Labute approximate surface area is 161 Å². The number of allylic oxidation sites excluding steroid dienone is 1. The summed E-state index contributed by atoms with van der Waals surface area (Å²) in [4.78, 5) is 11.9. The zero-order valence-electron chi connectivity index (χ0n) is 18.3. The third kappa shape index (κ3) is 3.01. The molecule has 0 spiro atoms. The minimum Gasteiger partial charge on any atom is -0.431 e. The Morgan fingerprint density at radius 2 is 1.77 bits per heavy atom. The van der Waals surface area contributed by atoms with Gasteiger partial charge in [0.1, 0.15) is 5.76 Å². The second-order valence-corrected chi connectivity index (χ2v) is 16.0. The monoisotopic (exact) mass is 378 g/mol. The van der Waals surface area contributed by atoms with Gasteiger partial charge >= 0.3 is 5.97 Å². The summed E-state index contributed by atoms with van der Waals surface area (Å²) in [5.41, 5.74) is 1.66. The van der Waals surface area contributed by atoms with Gasteiger partial charge in [0, 0.05) is 18.3 Å². The molecule has 3 aliphatic carbocycles. The molecule has 2 saturated carbocycles. The number of fused-ring (bicyclic) bond motifs is 2. The lowest BCUT2D eigenvalue weighted by Gasteiger charge is -2.43. The lowest BCUT2D eigenvalue weighted by molar-refractivity contribution is -0.137. The Balaban J connectivity index is 1.97. The summed E-state index contributed by atoms with van der Waals surface area (Å²) in [7, 11) is -1.83. The third-order valence-electron chi connectivity index (χ3n) is 8.16. The number of ether oxygens (including phenoxy) is 1. The zero-order chi connectivity index (χ0) is 19.7. The first-order valence-electron chi connectivity index (χ1n) is 10.3. The Kier molecular flexibility index (Phi) is 4.60. The van der Waals surface area contributed by atoms with E-state index < -0.39 is 8.32 Å². The molecule has 0 aromatic heterocycles. The van der Waals surface area contributed by atoms with Crippen LogP contribution in [0.2, 0.25) is 18.1 Å². The van der Waals surface area contributed by atoms with Gasteiger partial charge in [-0.3, -0.25) is 4.79 Å². The molecule has 0 aromatic rings. The largest absolute Gasteiger partial charge is 0.431 e. The Morgan fingerprint density at radius 1 is 1.15 bits per heavy atom. The predicted octanol–water partition coefficient (Wildman–Crippen LogP) is 6.06. The van der Waals surface area contributed by atoms with Crippen molar-refractivity contribution in [3.05, 3.63) is 11.3 Å². The molecule has 3 nitrogen and oxygen atoms in total. The number of carbonyl (C=O) groups excluding carboxylic acids is 1. The summed E-state index contributed by atoms with van der Waals surface area (Å²) in [6.07, 6.45) is 4.68. The molecule has 0 unspecified atom stereocenters. The fraction of sp³-hybridized carbons (Fsp3) is 0.864. The number of esters is 1. The van der Waals surface area contributed by atoms with Gasteiger partial charge in [-0.15, -0.1) is 0 Å². The summed E-state index contributed by atoms with van der Waals surface area (Å²) < 4.78 is 12.8.